The van der Waals surface area contributed by atoms with Gasteiger partial charge in [-0.15, -0.1) is 0 Å². The second-order valence-corrected chi connectivity index (χ2v) is 5.70. The standard InChI is InChI=1S/C12H20F3N3O2/c1-11(2,3)8(16)6-10-17-9(18-20-10)4-5-19-7-12(13,14)15/h8H,4-7,16H2,1-3H3. The third-order valence-electron chi connectivity index (χ3n) is 2.75. The van der Waals surface area contributed by atoms with Crippen LogP contribution in [-0.4, -0.2) is 35.6 Å². The molecular weight excluding hydrogens is 275 g/mol. The highest BCUT2D eigenvalue weighted by Crippen LogP contribution is 2.20. The van der Waals surface area contributed by atoms with E-state index in [-0.39, 0.29) is 24.5 Å². The Kier molecular flexibility index (Phi) is 5.52. The van der Waals surface area contributed by atoms with Crippen molar-refractivity contribution in [2.45, 2.75) is 45.8 Å². The molecule has 0 saturated carbocycles. The molecular formula is C12H20F3N3O2. The van der Waals surface area contributed by atoms with Gasteiger partial charge in [-0.2, -0.15) is 18.2 Å². The average Bonchev–Trinajstić information content (AvgIpc) is 2.69. The summed E-state index contributed by atoms with van der Waals surface area (Å²) in [5, 5.41) is 3.68. The Labute approximate surface area is 115 Å². The van der Waals surface area contributed by atoms with E-state index >= 15 is 0 Å². The highest BCUT2D eigenvalue weighted by atomic mass is 19.4. The van der Waals surface area contributed by atoms with Crippen molar-refractivity contribution in [3.05, 3.63) is 11.7 Å². The van der Waals surface area contributed by atoms with E-state index in [2.05, 4.69) is 14.9 Å². The van der Waals surface area contributed by atoms with Gasteiger partial charge in [0.25, 0.3) is 0 Å². The first-order valence-electron chi connectivity index (χ1n) is 6.29. The number of rotatable bonds is 6. The smallest absolute Gasteiger partial charge is 0.372 e. The van der Waals surface area contributed by atoms with Crippen molar-refractivity contribution in [3.63, 3.8) is 0 Å². The summed E-state index contributed by atoms with van der Waals surface area (Å²) >= 11 is 0. The van der Waals surface area contributed by atoms with Gasteiger partial charge >= 0.3 is 6.18 Å². The van der Waals surface area contributed by atoms with E-state index in [9.17, 15) is 13.2 Å². The van der Waals surface area contributed by atoms with Crippen LogP contribution < -0.4 is 5.73 Å². The fraction of sp³-hybridized carbons (Fsp3) is 0.833. The van der Waals surface area contributed by atoms with Crippen LogP contribution in [-0.2, 0) is 17.6 Å². The molecule has 1 aromatic heterocycles. The predicted octanol–water partition coefficient (Wildman–Crippen LogP) is 2.11. The average molecular weight is 295 g/mol. The number of aromatic nitrogens is 2. The quantitative estimate of drug-likeness (QED) is 0.814. The van der Waals surface area contributed by atoms with Crippen LogP contribution in [0.1, 0.15) is 32.5 Å². The molecule has 20 heavy (non-hydrogen) atoms. The predicted molar refractivity (Wildman–Crippen MR) is 66.0 cm³/mol. The molecule has 0 aliphatic rings. The lowest BCUT2D eigenvalue weighted by Gasteiger charge is -2.25. The molecule has 116 valence electrons. The van der Waals surface area contributed by atoms with E-state index in [4.69, 9.17) is 10.3 Å². The van der Waals surface area contributed by atoms with Gasteiger partial charge in [-0.3, -0.25) is 0 Å². The Morgan fingerprint density at radius 3 is 2.50 bits per heavy atom. The van der Waals surface area contributed by atoms with Gasteiger partial charge in [-0.25, -0.2) is 0 Å². The van der Waals surface area contributed by atoms with Crippen LogP contribution in [0.2, 0.25) is 0 Å². The molecule has 0 saturated heterocycles. The van der Waals surface area contributed by atoms with E-state index in [0.29, 0.717) is 18.1 Å². The zero-order valence-electron chi connectivity index (χ0n) is 11.8. The SMILES string of the molecule is CC(C)(C)C(N)Cc1nc(CCOCC(F)(F)F)no1. The van der Waals surface area contributed by atoms with Crippen LogP contribution in [0.25, 0.3) is 0 Å². The third-order valence-corrected chi connectivity index (χ3v) is 2.75. The monoisotopic (exact) mass is 295 g/mol. The summed E-state index contributed by atoms with van der Waals surface area (Å²) in [6, 6.07) is -0.141. The zero-order chi connectivity index (χ0) is 15.4. The molecule has 0 bridgehead atoms. The maximum atomic E-state index is 11.9. The topological polar surface area (TPSA) is 74.2 Å². The van der Waals surface area contributed by atoms with Gasteiger partial charge in [0.15, 0.2) is 5.82 Å². The highest BCUT2D eigenvalue weighted by Gasteiger charge is 2.27. The molecule has 0 aliphatic heterocycles. The van der Waals surface area contributed by atoms with Crippen LogP contribution in [0, 0.1) is 5.41 Å². The largest absolute Gasteiger partial charge is 0.411 e. The van der Waals surface area contributed by atoms with E-state index in [1.54, 1.807) is 0 Å². The number of halogens is 3. The molecule has 5 nitrogen and oxygen atoms in total. The Hall–Kier alpha value is -1.15. The number of ether oxygens (including phenoxy) is 1. The Bertz CT molecular complexity index is 413. The summed E-state index contributed by atoms with van der Waals surface area (Å²) in [6.07, 6.45) is -3.72. The van der Waals surface area contributed by atoms with E-state index in [0.717, 1.165) is 0 Å². The van der Waals surface area contributed by atoms with Gasteiger partial charge in [0.1, 0.15) is 6.61 Å². The lowest BCUT2D eigenvalue weighted by Crippen LogP contribution is -2.37. The first-order chi connectivity index (χ1) is 9.08. The summed E-state index contributed by atoms with van der Waals surface area (Å²) in [6.45, 7) is 4.62. The zero-order valence-corrected chi connectivity index (χ0v) is 11.8. The molecule has 2 N–H and O–H groups in total. The molecule has 0 amide bonds. The van der Waals surface area contributed by atoms with Crippen molar-refractivity contribution in [2.24, 2.45) is 11.1 Å². The van der Waals surface area contributed by atoms with Crippen molar-refractivity contribution in [3.8, 4) is 0 Å². The normalized spacial score (nSPS) is 14.6. The van der Waals surface area contributed by atoms with Crippen LogP contribution in [0.5, 0.6) is 0 Å². The lowest BCUT2D eigenvalue weighted by molar-refractivity contribution is -0.173. The van der Waals surface area contributed by atoms with Crippen LogP contribution in [0.15, 0.2) is 4.52 Å². The first-order valence-corrected chi connectivity index (χ1v) is 6.29. The summed E-state index contributed by atoms with van der Waals surface area (Å²) in [4.78, 5) is 4.08. The third kappa shape index (κ3) is 6.33. The van der Waals surface area contributed by atoms with E-state index in [1.165, 1.54) is 0 Å². The maximum absolute atomic E-state index is 11.9. The lowest BCUT2D eigenvalue weighted by atomic mass is 9.85. The fourth-order valence-corrected chi connectivity index (χ4v) is 1.32. The van der Waals surface area contributed by atoms with Crippen molar-refractivity contribution < 1.29 is 22.4 Å². The first kappa shape index (κ1) is 16.9. The van der Waals surface area contributed by atoms with Crippen molar-refractivity contribution in [1.29, 1.82) is 0 Å². The Morgan fingerprint density at radius 1 is 1.30 bits per heavy atom. The molecule has 0 aromatic carbocycles. The summed E-state index contributed by atoms with van der Waals surface area (Å²) in [7, 11) is 0. The minimum atomic E-state index is -4.32. The highest BCUT2D eigenvalue weighted by molar-refractivity contribution is 4.92. The molecule has 0 fully saturated rings. The van der Waals surface area contributed by atoms with E-state index in [1.807, 2.05) is 20.8 Å². The summed E-state index contributed by atoms with van der Waals surface area (Å²) in [5.41, 5.74) is 5.89. The van der Waals surface area contributed by atoms with Gasteiger partial charge in [0.05, 0.1) is 6.61 Å². The maximum Gasteiger partial charge on any atom is 0.411 e. The number of nitrogens with zero attached hydrogens (tertiary/aromatic N) is 2. The van der Waals surface area contributed by atoms with Gasteiger partial charge in [-0.05, 0) is 5.41 Å². The van der Waals surface area contributed by atoms with Gasteiger partial charge < -0.3 is 15.0 Å². The molecule has 1 aromatic rings. The minimum absolute atomic E-state index is 0.0928. The molecule has 1 unspecified atom stereocenters. The molecule has 1 heterocycles. The minimum Gasteiger partial charge on any atom is -0.372 e. The van der Waals surface area contributed by atoms with Crippen LogP contribution in [0.3, 0.4) is 0 Å². The van der Waals surface area contributed by atoms with Crippen molar-refractivity contribution >= 4 is 0 Å². The Morgan fingerprint density at radius 2 is 1.95 bits per heavy atom. The molecule has 0 radical (unpaired) electrons. The fourth-order valence-electron chi connectivity index (χ4n) is 1.32. The molecule has 0 spiro atoms. The van der Waals surface area contributed by atoms with Crippen LogP contribution >= 0.6 is 0 Å². The molecule has 0 aliphatic carbocycles. The van der Waals surface area contributed by atoms with Crippen molar-refractivity contribution in [1.82, 2.24) is 10.1 Å². The van der Waals surface area contributed by atoms with Gasteiger partial charge in [-0.1, -0.05) is 25.9 Å². The van der Waals surface area contributed by atoms with Crippen LogP contribution in [0.4, 0.5) is 13.2 Å². The van der Waals surface area contributed by atoms with Crippen molar-refractivity contribution in [2.75, 3.05) is 13.2 Å². The van der Waals surface area contributed by atoms with Gasteiger partial charge in [0, 0.05) is 18.9 Å². The number of hydrogen-bond donors (Lipinski definition) is 1. The van der Waals surface area contributed by atoms with E-state index < -0.39 is 12.8 Å². The Balaban J connectivity index is 2.37. The number of alkyl halides is 3. The molecule has 8 heteroatoms. The second-order valence-electron chi connectivity index (χ2n) is 5.70. The summed E-state index contributed by atoms with van der Waals surface area (Å²) < 4.78 is 45.0. The number of nitrogens with two attached hydrogens (primary N) is 1. The molecule has 1 atom stereocenters. The molecule has 1 rings (SSSR count). The second kappa shape index (κ2) is 6.53. The van der Waals surface area contributed by atoms with Gasteiger partial charge in [0.2, 0.25) is 5.89 Å². The summed E-state index contributed by atoms with van der Waals surface area (Å²) in [5.74, 6) is 0.710. The number of hydrogen-bond acceptors (Lipinski definition) is 5.